The van der Waals surface area contributed by atoms with Gasteiger partial charge in [-0.3, -0.25) is 9.59 Å². The zero-order valence-corrected chi connectivity index (χ0v) is 19.0. The minimum Gasteiger partial charge on any atom is -0.368 e. The Labute approximate surface area is 187 Å². The van der Waals surface area contributed by atoms with E-state index >= 15 is 0 Å². The van der Waals surface area contributed by atoms with Crippen molar-refractivity contribution in [3.05, 3.63) is 64.7 Å². The van der Waals surface area contributed by atoms with E-state index in [9.17, 15) is 9.59 Å². The fourth-order valence-corrected chi connectivity index (χ4v) is 4.26. The Bertz CT molecular complexity index is 884. The van der Waals surface area contributed by atoms with Crippen LogP contribution in [0.1, 0.15) is 22.3 Å². The molecule has 2 aromatic rings. The Morgan fingerprint density at radius 2 is 1.83 bits per heavy atom. The summed E-state index contributed by atoms with van der Waals surface area (Å²) in [5.41, 5.74) is 2.68. The van der Waals surface area contributed by atoms with Crippen molar-refractivity contribution in [2.45, 2.75) is 19.4 Å². The third-order valence-corrected chi connectivity index (χ3v) is 6.14. The molecule has 0 bridgehead atoms. The molecule has 0 spiro atoms. The van der Waals surface area contributed by atoms with Gasteiger partial charge in [0.2, 0.25) is 5.91 Å². The van der Waals surface area contributed by atoms with Gasteiger partial charge in [0.15, 0.2) is 0 Å². The van der Waals surface area contributed by atoms with Crippen molar-refractivity contribution in [2.75, 3.05) is 43.1 Å². The highest BCUT2D eigenvalue weighted by molar-refractivity contribution is 7.98. The Morgan fingerprint density at radius 3 is 2.50 bits per heavy atom. The van der Waals surface area contributed by atoms with Crippen LogP contribution >= 0.6 is 23.4 Å². The zero-order valence-electron chi connectivity index (χ0n) is 17.4. The first-order valence-corrected chi connectivity index (χ1v) is 11.9. The van der Waals surface area contributed by atoms with Crippen LogP contribution in [0, 0.1) is 6.92 Å². The second-order valence-electron chi connectivity index (χ2n) is 7.47. The molecule has 1 aliphatic heterocycles. The fourth-order valence-electron chi connectivity index (χ4n) is 3.60. The maximum atomic E-state index is 13.2. The largest absolute Gasteiger partial charge is 0.368 e. The van der Waals surface area contributed by atoms with Crippen LogP contribution in [-0.4, -0.2) is 60.9 Å². The van der Waals surface area contributed by atoms with Crippen molar-refractivity contribution >= 4 is 40.9 Å². The van der Waals surface area contributed by atoms with Gasteiger partial charge in [-0.25, -0.2) is 0 Å². The summed E-state index contributed by atoms with van der Waals surface area (Å²) in [7, 11) is 0. The number of carbonyl (C=O) groups excluding carboxylic acids is 2. The SMILES string of the molecule is CSCCC(NC(=O)c1cccc(C)c1)C(=O)N1CCN(c2cccc(Cl)c2)CC1. The molecule has 2 amide bonds. The molecule has 2 aromatic carbocycles. The van der Waals surface area contributed by atoms with E-state index in [0.717, 1.165) is 30.1 Å². The number of amides is 2. The van der Waals surface area contributed by atoms with E-state index in [0.29, 0.717) is 30.1 Å². The van der Waals surface area contributed by atoms with Gasteiger partial charge in [-0.2, -0.15) is 11.8 Å². The van der Waals surface area contributed by atoms with Crippen LogP contribution in [0.15, 0.2) is 48.5 Å². The number of aryl methyl sites for hydroxylation is 1. The highest BCUT2D eigenvalue weighted by Crippen LogP contribution is 2.21. The Hall–Kier alpha value is -2.18. The highest BCUT2D eigenvalue weighted by Gasteiger charge is 2.28. The van der Waals surface area contributed by atoms with Crippen molar-refractivity contribution in [2.24, 2.45) is 0 Å². The molecule has 1 saturated heterocycles. The monoisotopic (exact) mass is 445 g/mol. The molecule has 0 aliphatic carbocycles. The second kappa shape index (κ2) is 10.7. The fraction of sp³-hybridized carbons (Fsp3) is 0.391. The van der Waals surface area contributed by atoms with Crippen LogP contribution in [0.3, 0.4) is 0 Å². The molecule has 5 nitrogen and oxygen atoms in total. The number of nitrogens with zero attached hydrogens (tertiary/aromatic N) is 2. The van der Waals surface area contributed by atoms with Crippen LogP contribution in [0.2, 0.25) is 5.02 Å². The third-order valence-electron chi connectivity index (χ3n) is 5.26. The van der Waals surface area contributed by atoms with Gasteiger partial charge in [-0.1, -0.05) is 35.4 Å². The molecule has 7 heteroatoms. The molecule has 1 aliphatic rings. The van der Waals surface area contributed by atoms with E-state index in [2.05, 4.69) is 10.2 Å². The molecule has 160 valence electrons. The van der Waals surface area contributed by atoms with E-state index in [1.165, 1.54) is 0 Å². The molecule has 30 heavy (non-hydrogen) atoms. The van der Waals surface area contributed by atoms with Crippen LogP contribution in [0.5, 0.6) is 0 Å². The molecule has 1 fully saturated rings. The van der Waals surface area contributed by atoms with E-state index in [1.807, 2.05) is 60.5 Å². The van der Waals surface area contributed by atoms with Gasteiger partial charge in [0.25, 0.3) is 5.91 Å². The number of nitrogens with one attached hydrogen (secondary N) is 1. The number of benzene rings is 2. The summed E-state index contributed by atoms with van der Waals surface area (Å²) in [5.74, 6) is 0.610. The number of halogens is 1. The molecule has 1 atom stereocenters. The van der Waals surface area contributed by atoms with E-state index in [-0.39, 0.29) is 11.8 Å². The minimum absolute atomic E-state index is 0.00389. The summed E-state index contributed by atoms with van der Waals surface area (Å²) in [4.78, 5) is 30.0. The molecule has 1 heterocycles. The lowest BCUT2D eigenvalue weighted by Crippen LogP contribution is -2.55. The maximum Gasteiger partial charge on any atom is 0.251 e. The Balaban J connectivity index is 1.63. The Morgan fingerprint density at radius 1 is 1.10 bits per heavy atom. The minimum atomic E-state index is -0.511. The summed E-state index contributed by atoms with van der Waals surface area (Å²) < 4.78 is 0. The normalized spacial score (nSPS) is 15.0. The van der Waals surface area contributed by atoms with E-state index in [1.54, 1.807) is 17.8 Å². The summed E-state index contributed by atoms with van der Waals surface area (Å²) in [6.07, 6.45) is 2.62. The first-order valence-electron chi connectivity index (χ1n) is 10.1. The molecule has 0 radical (unpaired) electrons. The van der Waals surface area contributed by atoms with Gasteiger partial charge in [-0.05, 0) is 55.7 Å². The molecule has 0 saturated carbocycles. The van der Waals surface area contributed by atoms with E-state index in [4.69, 9.17) is 11.6 Å². The van der Waals surface area contributed by atoms with Crippen molar-refractivity contribution < 1.29 is 9.59 Å². The van der Waals surface area contributed by atoms with Crippen LogP contribution in [0.4, 0.5) is 5.69 Å². The van der Waals surface area contributed by atoms with Gasteiger partial charge in [-0.15, -0.1) is 0 Å². The maximum absolute atomic E-state index is 13.2. The number of piperazine rings is 1. The van der Waals surface area contributed by atoms with Gasteiger partial charge < -0.3 is 15.1 Å². The highest BCUT2D eigenvalue weighted by atomic mass is 35.5. The van der Waals surface area contributed by atoms with Crippen LogP contribution < -0.4 is 10.2 Å². The van der Waals surface area contributed by atoms with Gasteiger partial charge >= 0.3 is 0 Å². The number of hydrogen-bond donors (Lipinski definition) is 1. The van der Waals surface area contributed by atoms with Gasteiger partial charge in [0, 0.05) is 42.5 Å². The number of hydrogen-bond acceptors (Lipinski definition) is 4. The quantitative estimate of drug-likeness (QED) is 0.703. The lowest BCUT2D eigenvalue weighted by Gasteiger charge is -2.37. The van der Waals surface area contributed by atoms with Crippen molar-refractivity contribution in [3.8, 4) is 0 Å². The van der Waals surface area contributed by atoms with Gasteiger partial charge in [0.1, 0.15) is 6.04 Å². The summed E-state index contributed by atoms with van der Waals surface area (Å²) >= 11 is 7.78. The lowest BCUT2D eigenvalue weighted by molar-refractivity contribution is -0.133. The first kappa shape index (κ1) is 22.5. The molecule has 1 unspecified atom stereocenters. The standard InChI is InChI=1S/C23H28ClN3O2S/c1-17-5-3-6-18(15-17)22(28)25-21(9-14-30-2)23(29)27-12-10-26(11-13-27)20-8-4-7-19(24)16-20/h3-8,15-16,21H,9-14H2,1-2H3,(H,25,28). The Kier molecular flexibility index (Phi) is 8.05. The predicted molar refractivity (Wildman–Crippen MR) is 126 cm³/mol. The zero-order chi connectivity index (χ0) is 21.5. The van der Waals surface area contributed by atoms with E-state index < -0.39 is 6.04 Å². The smallest absolute Gasteiger partial charge is 0.251 e. The lowest BCUT2D eigenvalue weighted by atomic mass is 10.1. The number of carbonyl (C=O) groups is 2. The van der Waals surface area contributed by atoms with Gasteiger partial charge in [0.05, 0.1) is 0 Å². The summed E-state index contributed by atoms with van der Waals surface area (Å²) in [6, 6.07) is 14.7. The average molecular weight is 446 g/mol. The summed E-state index contributed by atoms with van der Waals surface area (Å²) in [5, 5.41) is 3.68. The molecule has 0 aromatic heterocycles. The number of thioether (sulfide) groups is 1. The first-order chi connectivity index (χ1) is 14.5. The second-order valence-corrected chi connectivity index (χ2v) is 8.89. The average Bonchev–Trinajstić information content (AvgIpc) is 2.76. The van der Waals surface area contributed by atoms with Crippen LogP contribution in [-0.2, 0) is 4.79 Å². The molecular weight excluding hydrogens is 418 g/mol. The topological polar surface area (TPSA) is 52.7 Å². The molecule has 3 rings (SSSR count). The van der Waals surface area contributed by atoms with Crippen molar-refractivity contribution in [1.82, 2.24) is 10.2 Å². The van der Waals surface area contributed by atoms with Crippen molar-refractivity contribution in [1.29, 1.82) is 0 Å². The molecule has 1 N–H and O–H groups in total. The third kappa shape index (κ3) is 5.92. The van der Waals surface area contributed by atoms with Crippen LogP contribution in [0.25, 0.3) is 0 Å². The summed E-state index contributed by atoms with van der Waals surface area (Å²) in [6.45, 7) is 4.69. The molecular formula is C23H28ClN3O2S. The predicted octanol–water partition coefficient (Wildman–Crippen LogP) is 3.85. The number of anilines is 1. The number of rotatable bonds is 7. The van der Waals surface area contributed by atoms with Crippen molar-refractivity contribution in [3.63, 3.8) is 0 Å².